The molecule has 0 saturated carbocycles. The maximum absolute atomic E-state index is 11.8. The van der Waals surface area contributed by atoms with Crippen molar-refractivity contribution in [1.29, 1.82) is 0 Å². The van der Waals surface area contributed by atoms with Crippen LogP contribution in [0.2, 0.25) is 0 Å². The largest absolute Gasteiger partial charge is 0.297 e. The summed E-state index contributed by atoms with van der Waals surface area (Å²) in [6.07, 6.45) is 2.21. The summed E-state index contributed by atoms with van der Waals surface area (Å²) in [4.78, 5) is 14.3. The van der Waals surface area contributed by atoms with Crippen LogP contribution in [-0.2, 0) is 13.1 Å². The molecule has 0 bridgehead atoms. The van der Waals surface area contributed by atoms with Crippen LogP contribution in [0.15, 0.2) is 23.0 Å². The van der Waals surface area contributed by atoms with Gasteiger partial charge in [-0.05, 0) is 57.8 Å². The van der Waals surface area contributed by atoms with E-state index in [9.17, 15) is 4.79 Å². The minimum Gasteiger partial charge on any atom is -0.297 e. The van der Waals surface area contributed by atoms with Crippen LogP contribution in [0.4, 0.5) is 0 Å². The van der Waals surface area contributed by atoms with Gasteiger partial charge in [-0.3, -0.25) is 14.8 Å². The molecule has 1 fully saturated rings. The van der Waals surface area contributed by atoms with Gasteiger partial charge in [-0.2, -0.15) is 10.2 Å². The van der Waals surface area contributed by atoms with Gasteiger partial charge in [0.25, 0.3) is 5.56 Å². The lowest BCUT2D eigenvalue weighted by molar-refractivity contribution is 0.162. The first-order valence-electron chi connectivity index (χ1n) is 7.88. The Hall–Kier alpha value is -1.95. The third kappa shape index (κ3) is 3.62. The molecule has 2 aromatic heterocycles. The van der Waals surface area contributed by atoms with E-state index < -0.39 is 0 Å². The first kappa shape index (κ1) is 15.0. The quantitative estimate of drug-likeness (QED) is 0.929. The van der Waals surface area contributed by atoms with E-state index in [0.29, 0.717) is 5.92 Å². The standard InChI is InChI=1S/C16H23N5O/c1-12-3-4-16(22)21(19-12)10-14-5-7-20(8-6-14)11-15-9-13(2)17-18-15/h3-4,9,14H,5-8,10-11H2,1-2H3,(H,17,18). The van der Waals surface area contributed by atoms with Crippen molar-refractivity contribution < 1.29 is 0 Å². The minimum absolute atomic E-state index is 0.0000255. The monoisotopic (exact) mass is 301 g/mol. The van der Waals surface area contributed by atoms with Crippen molar-refractivity contribution in [3.8, 4) is 0 Å². The van der Waals surface area contributed by atoms with Crippen LogP contribution in [0, 0.1) is 19.8 Å². The number of piperidine rings is 1. The van der Waals surface area contributed by atoms with E-state index in [4.69, 9.17) is 0 Å². The molecule has 2 aromatic rings. The van der Waals surface area contributed by atoms with Crippen LogP contribution >= 0.6 is 0 Å². The third-order valence-corrected chi connectivity index (χ3v) is 4.28. The van der Waals surface area contributed by atoms with Gasteiger partial charge >= 0.3 is 0 Å². The fraction of sp³-hybridized carbons (Fsp3) is 0.562. The molecule has 1 aliphatic rings. The lowest BCUT2D eigenvalue weighted by Gasteiger charge is -2.31. The number of aromatic nitrogens is 4. The average molecular weight is 301 g/mol. The summed E-state index contributed by atoms with van der Waals surface area (Å²) >= 11 is 0. The molecule has 6 heteroatoms. The van der Waals surface area contributed by atoms with Crippen molar-refractivity contribution in [2.75, 3.05) is 13.1 Å². The molecule has 0 amide bonds. The fourth-order valence-corrected chi connectivity index (χ4v) is 3.04. The van der Waals surface area contributed by atoms with Crippen LogP contribution in [0.1, 0.15) is 29.9 Å². The van der Waals surface area contributed by atoms with Crippen LogP contribution < -0.4 is 5.56 Å². The molecule has 6 nitrogen and oxygen atoms in total. The maximum atomic E-state index is 11.8. The second kappa shape index (κ2) is 6.44. The molecule has 0 unspecified atom stereocenters. The molecule has 0 atom stereocenters. The van der Waals surface area contributed by atoms with Gasteiger partial charge < -0.3 is 0 Å². The second-order valence-corrected chi connectivity index (χ2v) is 6.26. The smallest absolute Gasteiger partial charge is 0.266 e. The van der Waals surface area contributed by atoms with E-state index in [1.807, 2.05) is 13.8 Å². The van der Waals surface area contributed by atoms with Gasteiger partial charge in [-0.25, -0.2) is 4.68 Å². The Labute approximate surface area is 130 Å². The van der Waals surface area contributed by atoms with Gasteiger partial charge in [-0.15, -0.1) is 0 Å². The Morgan fingerprint density at radius 3 is 2.73 bits per heavy atom. The summed E-state index contributed by atoms with van der Waals surface area (Å²) in [7, 11) is 0. The number of nitrogens with zero attached hydrogens (tertiary/aromatic N) is 4. The molecule has 1 aliphatic heterocycles. The van der Waals surface area contributed by atoms with E-state index in [2.05, 4.69) is 26.3 Å². The summed E-state index contributed by atoms with van der Waals surface area (Å²) in [5.41, 5.74) is 3.10. The topological polar surface area (TPSA) is 66.8 Å². The third-order valence-electron chi connectivity index (χ3n) is 4.28. The number of hydrogen-bond donors (Lipinski definition) is 1. The molecular formula is C16H23N5O. The number of aryl methyl sites for hydroxylation is 2. The summed E-state index contributed by atoms with van der Waals surface area (Å²) in [5, 5.41) is 11.6. The highest BCUT2D eigenvalue weighted by molar-refractivity contribution is 5.06. The Balaban J connectivity index is 1.53. The van der Waals surface area contributed by atoms with E-state index >= 15 is 0 Å². The Morgan fingerprint density at radius 2 is 2.05 bits per heavy atom. The number of aromatic amines is 1. The van der Waals surface area contributed by atoms with E-state index in [1.54, 1.807) is 16.8 Å². The van der Waals surface area contributed by atoms with E-state index in [1.165, 1.54) is 0 Å². The first-order valence-corrected chi connectivity index (χ1v) is 7.88. The number of rotatable bonds is 4. The maximum Gasteiger partial charge on any atom is 0.266 e. The zero-order valence-corrected chi connectivity index (χ0v) is 13.2. The van der Waals surface area contributed by atoms with Crippen LogP contribution in [0.5, 0.6) is 0 Å². The van der Waals surface area contributed by atoms with Crippen LogP contribution in [-0.4, -0.2) is 38.0 Å². The molecule has 0 spiro atoms. The van der Waals surface area contributed by atoms with Crippen LogP contribution in [0.3, 0.4) is 0 Å². The van der Waals surface area contributed by atoms with Gasteiger partial charge in [0, 0.05) is 24.8 Å². The Kier molecular flexibility index (Phi) is 4.38. The predicted octanol–water partition coefficient (Wildman–Crippen LogP) is 1.50. The number of nitrogens with one attached hydrogen (secondary N) is 1. The highest BCUT2D eigenvalue weighted by atomic mass is 16.1. The SMILES string of the molecule is Cc1ccc(=O)n(CC2CCN(Cc3cc(C)[nH]n3)CC2)n1. The van der Waals surface area contributed by atoms with Crippen molar-refractivity contribution in [3.05, 3.63) is 45.6 Å². The van der Waals surface area contributed by atoms with Gasteiger partial charge in [0.15, 0.2) is 0 Å². The van der Waals surface area contributed by atoms with Crippen molar-refractivity contribution in [3.63, 3.8) is 0 Å². The number of H-pyrrole nitrogens is 1. The lowest BCUT2D eigenvalue weighted by atomic mass is 9.96. The van der Waals surface area contributed by atoms with Crippen molar-refractivity contribution in [2.45, 2.75) is 39.8 Å². The molecule has 0 radical (unpaired) electrons. The molecule has 0 aliphatic carbocycles. The van der Waals surface area contributed by atoms with Gasteiger partial charge in [0.05, 0.1) is 11.4 Å². The van der Waals surface area contributed by atoms with Crippen molar-refractivity contribution >= 4 is 0 Å². The summed E-state index contributed by atoms with van der Waals surface area (Å²) < 4.78 is 1.62. The van der Waals surface area contributed by atoms with Crippen LogP contribution in [0.25, 0.3) is 0 Å². The van der Waals surface area contributed by atoms with Gasteiger partial charge in [0.1, 0.15) is 0 Å². The molecule has 118 valence electrons. The molecule has 0 aromatic carbocycles. The zero-order chi connectivity index (χ0) is 15.5. The minimum atomic E-state index is 0.0000255. The van der Waals surface area contributed by atoms with E-state index in [-0.39, 0.29) is 5.56 Å². The summed E-state index contributed by atoms with van der Waals surface area (Å²) in [6.45, 7) is 7.68. The zero-order valence-electron chi connectivity index (χ0n) is 13.2. The van der Waals surface area contributed by atoms with Gasteiger partial charge in [-0.1, -0.05) is 0 Å². The molecule has 3 heterocycles. The average Bonchev–Trinajstić information content (AvgIpc) is 2.90. The second-order valence-electron chi connectivity index (χ2n) is 6.26. The Bertz CT molecular complexity index is 682. The Morgan fingerprint density at radius 1 is 1.27 bits per heavy atom. The number of likely N-dealkylation sites (tertiary alicyclic amines) is 1. The van der Waals surface area contributed by atoms with Crippen molar-refractivity contribution in [2.24, 2.45) is 5.92 Å². The lowest BCUT2D eigenvalue weighted by Crippen LogP contribution is -2.36. The summed E-state index contributed by atoms with van der Waals surface area (Å²) in [6, 6.07) is 5.48. The predicted molar refractivity (Wildman–Crippen MR) is 84.6 cm³/mol. The molecule has 3 rings (SSSR count). The highest BCUT2D eigenvalue weighted by Gasteiger charge is 2.20. The summed E-state index contributed by atoms with van der Waals surface area (Å²) in [5.74, 6) is 0.532. The van der Waals surface area contributed by atoms with Crippen molar-refractivity contribution in [1.82, 2.24) is 24.9 Å². The highest BCUT2D eigenvalue weighted by Crippen LogP contribution is 2.19. The fourth-order valence-electron chi connectivity index (χ4n) is 3.04. The molecule has 22 heavy (non-hydrogen) atoms. The molecular weight excluding hydrogens is 278 g/mol. The van der Waals surface area contributed by atoms with Gasteiger partial charge in [0.2, 0.25) is 0 Å². The molecule has 1 saturated heterocycles. The molecule has 1 N–H and O–H groups in total. The first-order chi connectivity index (χ1) is 10.6. The number of hydrogen-bond acceptors (Lipinski definition) is 4. The normalized spacial score (nSPS) is 17.0. The van der Waals surface area contributed by atoms with E-state index in [0.717, 1.165) is 56.1 Å².